The number of carbonyl (C=O) groups is 2. The molecule has 0 aromatic carbocycles. The van der Waals surface area contributed by atoms with Crippen molar-refractivity contribution in [2.24, 2.45) is 0 Å². The minimum atomic E-state index is -0.906. The lowest BCUT2D eigenvalue weighted by atomic mass is 9.83. The van der Waals surface area contributed by atoms with E-state index in [0.717, 1.165) is 29.7 Å². The van der Waals surface area contributed by atoms with E-state index in [1.54, 1.807) is 6.20 Å². The van der Waals surface area contributed by atoms with Crippen LogP contribution in [-0.4, -0.2) is 39.8 Å². The van der Waals surface area contributed by atoms with Gasteiger partial charge in [0.1, 0.15) is 11.6 Å². The Kier molecular flexibility index (Phi) is 4.49. The summed E-state index contributed by atoms with van der Waals surface area (Å²) in [6.07, 6.45) is 5.58. The summed E-state index contributed by atoms with van der Waals surface area (Å²) in [5.41, 5.74) is 2.76. The van der Waals surface area contributed by atoms with Gasteiger partial charge in [-0.15, -0.1) is 0 Å². The SMILES string of the molecule is CCC1CC=C2CNC(C(=O)OC(C)(C)C)Cn3cc(C(=O)O)c1c32. The fourth-order valence-corrected chi connectivity index (χ4v) is 3.71. The second-order valence-corrected chi connectivity index (χ2v) is 7.80. The third kappa shape index (κ3) is 3.35. The Morgan fingerprint density at radius 1 is 1.40 bits per heavy atom. The monoisotopic (exact) mass is 346 g/mol. The van der Waals surface area contributed by atoms with E-state index in [1.807, 2.05) is 25.3 Å². The molecule has 0 radical (unpaired) electrons. The molecule has 2 N–H and O–H groups in total. The van der Waals surface area contributed by atoms with E-state index in [1.165, 1.54) is 0 Å². The normalized spacial score (nSPS) is 22.6. The highest BCUT2D eigenvalue weighted by atomic mass is 16.6. The summed E-state index contributed by atoms with van der Waals surface area (Å²) >= 11 is 0. The van der Waals surface area contributed by atoms with Crippen molar-refractivity contribution in [2.75, 3.05) is 6.54 Å². The van der Waals surface area contributed by atoms with Crippen molar-refractivity contribution in [1.29, 1.82) is 0 Å². The number of nitrogens with zero attached hydrogens (tertiary/aromatic N) is 1. The van der Waals surface area contributed by atoms with Crippen molar-refractivity contribution in [3.8, 4) is 0 Å². The topological polar surface area (TPSA) is 80.6 Å². The van der Waals surface area contributed by atoms with Gasteiger partial charge in [0, 0.05) is 25.0 Å². The van der Waals surface area contributed by atoms with Crippen LogP contribution in [-0.2, 0) is 16.1 Å². The fourth-order valence-electron chi connectivity index (χ4n) is 3.71. The summed E-state index contributed by atoms with van der Waals surface area (Å²) in [7, 11) is 0. The first-order chi connectivity index (χ1) is 11.7. The number of rotatable bonds is 3. The van der Waals surface area contributed by atoms with Crippen molar-refractivity contribution in [3.63, 3.8) is 0 Å². The number of carbonyl (C=O) groups excluding carboxylic acids is 1. The number of allylic oxidation sites excluding steroid dienone is 1. The number of hydrogen-bond acceptors (Lipinski definition) is 4. The molecule has 2 heterocycles. The summed E-state index contributed by atoms with van der Waals surface area (Å²) in [5, 5.41) is 12.9. The second kappa shape index (κ2) is 6.33. The van der Waals surface area contributed by atoms with Gasteiger partial charge in [-0.3, -0.25) is 10.1 Å². The van der Waals surface area contributed by atoms with E-state index in [0.29, 0.717) is 18.7 Å². The van der Waals surface area contributed by atoms with E-state index in [4.69, 9.17) is 4.74 Å². The van der Waals surface area contributed by atoms with Crippen molar-refractivity contribution < 1.29 is 19.4 Å². The maximum atomic E-state index is 12.5. The van der Waals surface area contributed by atoms with Gasteiger partial charge in [-0.1, -0.05) is 13.0 Å². The summed E-state index contributed by atoms with van der Waals surface area (Å²) in [4.78, 5) is 24.2. The lowest BCUT2D eigenvalue weighted by Gasteiger charge is -2.24. The average Bonchev–Trinajstić information content (AvgIpc) is 2.78. The van der Waals surface area contributed by atoms with E-state index < -0.39 is 17.6 Å². The third-order valence-corrected chi connectivity index (χ3v) is 4.81. The standard InChI is InChI=1S/C19H26N2O4/c1-5-11-6-7-12-8-20-14(18(24)25-19(2,3)4)10-21-9-13(17(22)23)15(11)16(12)21/h7,9,11,14,20H,5-6,8,10H2,1-4H3,(H,22,23). The molecular weight excluding hydrogens is 320 g/mol. The van der Waals surface area contributed by atoms with E-state index in [2.05, 4.69) is 18.3 Å². The van der Waals surface area contributed by atoms with Crippen molar-refractivity contribution in [3.05, 3.63) is 29.1 Å². The largest absolute Gasteiger partial charge is 0.478 e. The van der Waals surface area contributed by atoms with Crippen LogP contribution in [0.5, 0.6) is 0 Å². The van der Waals surface area contributed by atoms with E-state index >= 15 is 0 Å². The second-order valence-electron chi connectivity index (χ2n) is 7.80. The molecular formula is C19H26N2O4. The molecule has 6 nitrogen and oxygen atoms in total. The highest BCUT2D eigenvalue weighted by Gasteiger charge is 2.35. The van der Waals surface area contributed by atoms with Crippen LogP contribution in [0.2, 0.25) is 0 Å². The predicted octanol–water partition coefficient (Wildman–Crippen LogP) is 2.78. The molecule has 0 bridgehead atoms. The van der Waals surface area contributed by atoms with Crippen LogP contribution in [0, 0.1) is 0 Å². The Morgan fingerprint density at radius 3 is 2.72 bits per heavy atom. The van der Waals surface area contributed by atoms with Gasteiger partial charge in [-0.25, -0.2) is 4.79 Å². The number of aromatic carboxylic acids is 1. The molecule has 1 aromatic heterocycles. The highest BCUT2D eigenvalue weighted by molar-refractivity contribution is 5.92. The van der Waals surface area contributed by atoms with Gasteiger partial charge >= 0.3 is 11.9 Å². The van der Waals surface area contributed by atoms with Crippen LogP contribution in [0.1, 0.15) is 68.1 Å². The summed E-state index contributed by atoms with van der Waals surface area (Å²) < 4.78 is 7.43. The molecule has 25 heavy (non-hydrogen) atoms. The number of hydrogen-bond donors (Lipinski definition) is 2. The Bertz CT molecular complexity index is 739. The maximum absolute atomic E-state index is 12.5. The minimum absolute atomic E-state index is 0.212. The zero-order valence-corrected chi connectivity index (χ0v) is 15.3. The van der Waals surface area contributed by atoms with Crippen LogP contribution < -0.4 is 5.32 Å². The molecule has 0 amide bonds. The smallest absolute Gasteiger partial charge is 0.337 e. The average molecular weight is 346 g/mol. The van der Waals surface area contributed by atoms with Gasteiger partial charge < -0.3 is 14.4 Å². The number of carboxylic acids is 1. The molecule has 2 aliphatic rings. The molecule has 6 heteroatoms. The number of ether oxygens (including phenoxy) is 1. The molecule has 1 aliphatic heterocycles. The minimum Gasteiger partial charge on any atom is -0.478 e. The van der Waals surface area contributed by atoms with Gasteiger partial charge in [0.2, 0.25) is 0 Å². The zero-order chi connectivity index (χ0) is 18.4. The van der Waals surface area contributed by atoms with Crippen LogP contribution >= 0.6 is 0 Å². The lowest BCUT2D eigenvalue weighted by molar-refractivity contribution is -0.157. The molecule has 0 fully saturated rings. The van der Waals surface area contributed by atoms with Crippen LogP contribution in [0.3, 0.4) is 0 Å². The molecule has 1 aromatic rings. The molecule has 136 valence electrons. The zero-order valence-electron chi connectivity index (χ0n) is 15.3. The molecule has 2 atom stereocenters. The van der Waals surface area contributed by atoms with Gasteiger partial charge in [0.25, 0.3) is 0 Å². The molecule has 2 unspecified atom stereocenters. The van der Waals surface area contributed by atoms with Crippen LogP contribution in [0.15, 0.2) is 12.3 Å². The first-order valence-electron chi connectivity index (χ1n) is 8.83. The molecule has 0 saturated carbocycles. The molecule has 0 saturated heterocycles. The van der Waals surface area contributed by atoms with Crippen molar-refractivity contribution >= 4 is 17.5 Å². The number of carboxylic acid groups (broad SMARTS) is 1. The number of nitrogens with one attached hydrogen (secondary N) is 1. The van der Waals surface area contributed by atoms with E-state index in [9.17, 15) is 14.7 Å². The fraction of sp³-hybridized carbons (Fsp3) is 0.579. The van der Waals surface area contributed by atoms with Crippen molar-refractivity contribution in [2.45, 2.75) is 64.6 Å². The predicted molar refractivity (Wildman–Crippen MR) is 94.7 cm³/mol. The Labute approximate surface area is 147 Å². The lowest BCUT2D eigenvalue weighted by Crippen LogP contribution is -2.43. The molecule has 3 rings (SSSR count). The first-order valence-corrected chi connectivity index (χ1v) is 8.83. The quantitative estimate of drug-likeness (QED) is 0.823. The van der Waals surface area contributed by atoms with Gasteiger partial charge in [0.05, 0.1) is 5.56 Å². The van der Waals surface area contributed by atoms with Crippen molar-refractivity contribution in [1.82, 2.24) is 9.88 Å². The van der Waals surface area contributed by atoms with Gasteiger partial charge in [-0.2, -0.15) is 0 Å². The Balaban J connectivity index is 2.00. The van der Waals surface area contributed by atoms with Gasteiger partial charge in [-0.05, 0) is 50.7 Å². The number of esters is 1. The van der Waals surface area contributed by atoms with E-state index in [-0.39, 0.29) is 11.9 Å². The van der Waals surface area contributed by atoms with Crippen LogP contribution in [0.4, 0.5) is 0 Å². The Morgan fingerprint density at radius 2 is 2.12 bits per heavy atom. The summed E-state index contributed by atoms with van der Waals surface area (Å²) in [6.45, 7) is 8.52. The summed E-state index contributed by atoms with van der Waals surface area (Å²) in [6, 6.07) is -0.496. The molecule has 0 spiro atoms. The number of aromatic nitrogens is 1. The van der Waals surface area contributed by atoms with Gasteiger partial charge in [0.15, 0.2) is 0 Å². The highest BCUT2D eigenvalue weighted by Crippen LogP contribution is 2.40. The maximum Gasteiger partial charge on any atom is 0.337 e. The third-order valence-electron chi connectivity index (χ3n) is 4.81. The summed E-state index contributed by atoms with van der Waals surface area (Å²) in [5.74, 6) is -1.00. The van der Waals surface area contributed by atoms with Crippen LogP contribution in [0.25, 0.3) is 5.57 Å². The first kappa shape index (κ1) is 17.7. The Hall–Kier alpha value is -2.08. The molecule has 1 aliphatic carbocycles.